The van der Waals surface area contributed by atoms with E-state index in [1.165, 1.54) is 0 Å². The highest BCUT2D eigenvalue weighted by Gasteiger charge is 2.28. The van der Waals surface area contributed by atoms with Gasteiger partial charge in [0, 0.05) is 19.3 Å². The second kappa shape index (κ2) is 6.71. The zero-order chi connectivity index (χ0) is 14.5. The predicted molar refractivity (Wildman–Crippen MR) is 76.6 cm³/mol. The summed E-state index contributed by atoms with van der Waals surface area (Å²) in [5.41, 5.74) is 0.692. The zero-order valence-corrected chi connectivity index (χ0v) is 12.1. The molecule has 1 saturated heterocycles. The van der Waals surface area contributed by atoms with Gasteiger partial charge in [0.25, 0.3) is 0 Å². The number of carbonyl (C=O) groups excluding carboxylic acids is 1. The molecule has 0 unspecified atom stereocenters. The normalized spacial score (nSPS) is 18.8. The molecule has 7 heteroatoms. The lowest BCUT2D eigenvalue weighted by molar-refractivity contribution is 0.166. The topological polar surface area (TPSA) is 73.6 Å². The minimum atomic E-state index is -0.159. The molecule has 2 rings (SSSR count). The van der Waals surface area contributed by atoms with Crippen molar-refractivity contribution < 1.29 is 9.90 Å². The van der Waals surface area contributed by atoms with Crippen LogP contribution in [-0.4, -0.2) is 70.6 Å². The van der Waals surface area contributed by atoms with E-state index in [9.17, 15) is 9.90 Å². The van der Waals surface area contributed by atoms with E-state index < -0.39 is 0 Å². The average Bonchev–Trinajstić information content (AvgIpc) is 3.04. The van der Waals surface area contributed by atoms with Gasteiger partial charge in [0.15, 0.2) is 0 Å². The predicted octanol–water partition coefficient (Wildman–Crippen LogP) is 0.433. The Morgan fingerprint density at radius 3 is 3.10 bits per heavy atom. The number of aliphatic hydroxyl groups is 1. The number of anilines is 1. The fourth-order valence-corrected chi connectivity index (χ4v) is 2.34. The average molecular weight is 281 g/mol. The van der Waals surface area contributed by atoms with Gasteiger partial charge in [-0.15, -0.1) is 0 Å². The zero-order valence-electron chi connectivity index (χ0n) is 12.1. The quantitative estimate of drug-likeness (QED) is 0.821. The molecule has 0 aromatic carbocycles. The molecule has 20 heavy (non-hydrogen) atoms. The lowest BCUT2D eigenvalue weighted by Crippen LogP contribution is -2.40. The van der Waals surface area contributed by atoms with Crippen molar-refractivity contribution in [3.05, 3.63) is 12.4 Å². The third-order valence-electron chi connectivity index (χ3n) is 3.51. The smallest absolute Gasteiger partial charge is 0.322 e. The van der Waals surface area contributed by atoms with Crippen LogP contribution in [0.4, 0.5) is 10.5 Å². The number of nitrogens with one attached hydrogen (secondary N) is 1. The van der Waals surface area contributed by atoms with Crippen molar-refractivity contribution in [2.24, 2.45) is 0 Å². The van der Waals surface area contributed by atoms with E-state index in [1.54, 1.807) is 11.1 Å². The van der Waals surface area contributed by atoms with E-state index in [0.29, 0.717) is 12.2 Å². The van der Waals surface area contributed by atoms with E-state index in [-0.39, 0.29) is 18.7 Å². The highest BCUT2D eigenvalue weighted by atomic mass is 16.3. The number of urea groups is 1. The van der Waals surface area contributed by atoms with Crippen molar-refractivity contribution in [1.82, 2.24) is 19.6 Å². The number of likely N-dealkylation sites (tertiary alicyclic amines) is 1. The van der Waals surface area contributed by atoms with Crippen LogP contribution in [0.15, 0.2) is 12.4 Å². The van der Waals surface area contributed by atoms with Crippen molar-refractivity contribution >= 4 is 11.7 Å². The van der Waals surface area contributed by atoms with Gasteiger partial charge in [0.05, 0.1) is 31.1 Å². The molecule has 112 valence electrons. The van der Waals surface area contributed by atoms with Gasteiger partial charge in [0.2, 0.25) is 0 Å². The minimum absolute atomic E-state index is 0.0233. The van der Waals surface area contributed by atoms with Gasteiger partial charge in [-0.1, -0.05) is 0 Å². The molecule has 0 aliphatic carbocycles. The Morgan fingerprint density at radius 1 is 1.60 bits per heavy atom. The summed E-state index contributed by atoms with van der Waals surface area (Å²) < 4.78 is 1.81. The molecule has 0 radical (unpaired) electrons. The monoisotopic (exact) mass is 281 g/mol. The molecule has 1 aliphatic heterocycles. The van der Waals surface area contributed by atoms with Gasteiger partial charge in [-0.25, -0.2) is 4.79 Å². The Kier molecular flexibility index (Phi) is 4.97. The Hall–Kier alpha value is -1.60. The van der Waals surface area contributed by atoms with E-state index in [0.717, 1.165) is 25.9 Å². The first-order valence-electron chi connectivity index (χ1n) is 6.96. The summed E-state index contributed by atoms with van der Waals surface area (Å²) >= 11 is 0. The Morgan fingerprint density at radius 2 is 2.40 bits per heavy atom. The number of aromatic nitrogens is 2. The van der Waals surface area contributed by atoms with Crippen molar-refractivity contribution in [1.29, 1.82) is 0 Å². The molecular weight excluding hydrogens is 258 g/mol. The second-order valence-corrected chi connectivity index (χ2v) is 5.40. The van der Waals surface area contributed by atoms with Crippen LogP contribution >= 0.6 is 0 Å². The van der Waals surface area contributed by atoms with Crippen LogP contribution in [0.25, 0.3) is 0 Å². The molecule has 2 amide bonds. The molecule has 2 N–H and O–H groups in total. The van der Waals surface area contributed by atoms with Gasteiger partial charge in [-0.2, -0.15) is 5.10 Å². The van der Waals surface area contributed by atoms with E-state index in [2.05, 4.69) is 15.3 Å². The molecular formula is C13H23N5O2. The maximum absolute atomic E-state index is 12.1. The maximum atomic E-state index is 12.1. The van der Waals surface area contributed by atoms with Crippen molar-refractivity contribution in [2.45, 2.75) is 25.4 Å². The molecule has 1 aromatic rings. The molecule has 1 atom stereocenters. The highest BCUT2D eigenvalue weighted by molar-refractivity contribution is 5.89. The largest absolute Gasteiger partial charge is 0.394 e. The Labute approximate surface area is 119 Å². The number of likely N-dealkylation sites (N-methyl/N-ethyl adjacent to an activating group) is 1. The Balaban J connectivity index is 1.88. The van der Waals surface area contributed by atoms with Crippen LogP contribution < -0.4 is 5.32 Å². The van der Waals surface area contributed by atoms with Gasteiger partial charge in [-0.3, -0.25) is 4.68 Å². The third kappa shape index (κ3) is 3.71. The van der Waals surface area contributed by atoms with E-state index in [1.807, 2.05) is 25.0 Å². The molecule has 0 saturated carbocycles. The minimum Gasteiger partial charge on any atom is -0.394 e. The van der Waals surface area contributed by atoms with Gasteiger partial charge < -0.3 is 20.2 Å². The fraction of sp³-hybridized carbons (Fsp3) is 0.692. The van der Waals surface area contributed by atoms with Gasteiger partial charge in [-0.05, 0) is 26.9 Å². The summed E-state index contributed by atoms with van der Waals surface area (Å²) in [5.74, 6) is 0. The standard InChI is InChI=1S/C13H23N5O2/c1-16(2)6-7-17-9-11(8-14-17)15-13(20)18-5-3-4-12(18)10-19/h8-9,12,19H,3-7,10H2,1-2H3,(H,15,20)/t12-/m0/s1. The number of hydrogen-bond donors (Lipinski definition) is 2. The molecule has 7 nitrogen and oxygen atoms in total. The van der Waals surface area contributed by atoms with E-state index >= 15 is 0 Å². The van der Waals surface area contributed by atoms with Crippen LogP contribution in [0.3, 0.4) is 0 Å². The second-order valence-electron chi connectivity index (χ2n) is 5.40. The summed E-state index contributed by atoms with van der Waals surface area (Å²) in [6.45, 7) is 2.40. The number of amides is 2. The summed E-state index contributed by atoms with van der Waals surface area (Å²) in [6, 6.07) is -0.215. The number of aliphatic hydroxyl groups excluding tert-OH is 1. The van der Waals surface area contributed by atoms with Crippen molar-refractivity contribution in [2.75, 3.05) is 39.1 Å². The molecule has 0 bridgehead atoms. The van der Waals surface area contributed by atoms with Crippen LogP contribution in [0.1, 0.15) is 12.8 Å². The van der Waals surface area contributed by atoms with Crippen LogP contribution in [-0.2, 0) is 6.54 Å². The van der Waals surface area contributed by atoms with Crippen LogP contribution in [0.5, 0.6) is 0 Å². The molecule has 1 aromatic heterocycles. The third-order valence-corrected chi connectivity index (χ3v) is 3.51. The fourth-order valence-electron chi connectivity index (χ4n) is 2.34. The first-order valence-corrected chi connectivity index (χ1v) is 6.96. The van der Waals surface area contributed by atoms with E-state index in [4.69, 9.17) is 0 Å². The summed E-state index contributed by atoms with van der Waals surface area (Å²) in [6.07, 6.45) is 5.29. The highest BCUT2D eigenvalue weighted by Crippen LogP contribution is 2.18. The van der Waals surface area contributed by atoms with Crippen molar-refractivity contribution in [3.63, 3.8) is 0 Å². The molecule has 0 spiro atoms. The number of nitrogens with zero attached hydrogens (tertiary/aromatic N) is 4. The SMILES string of the molecule is CN(C)CCn1cc(NC(=O)N2CCC[C@H]2CO)cn1. The molecule has 1 fully saturated rings. The summed E-state index contributed by atoms with van der Waals surface area (Å²) in [4.78, 5) is 15.9. The first-order chi connectivity index (χ1) is 9.60. The number of carbonyl (C=O) groups is 1. The lowest BCUT2D eigenvalue weighted by atomic mass is 10.2. The lowest BCUT2D eigenvalue weighted by Gasteiger charge is -2.22. The first kappa shape index (κ1) is 14.8. The Bertz CT molecular complexity index is 446. The molecule has 2 heterocycles. The van der Waals surface area contributed by atoms with Crippen LogP contribution in [0.2, 0.25) is 0 Å². The number of hydrogen-bond acceptors (Lipinski definition) is 4. The molecule has 1 aliphatic rings. The maximum Gasteiger partial charge on any atom is 0.322 e. The van der Waals surface area contributed by atoms with Gasteiger partial charge in [0.1, 0.15) is 0 Å². The van der Waals surface area contributed by atoms with Gasteiger partial charge >= 0.3 is 6.03 Å². The van der Waals surface area contributed by atoms with Crippen molar-refractivity contribution in [3.8, 4) is 0 Å². The van der Waals surface area contributed by atoms with Crippen LogP contribution in [0, 0.1) is 0 Å². The summed E-state index contributed by atoms with van der Waals surface area (Å²) in [5, 5.41) is 16.3. The summed E-state index contributed by atoms with van der Waals surface area (Å²) in [7, 11) is 4.02. The number of rotatable bonds is 5.